The summed E-state index contributed by atoms with van der Waals surface area (Å²) in [4.78, 5) is 13.0. The van der Waals surface area contributed by atoms with Crippen molar-refractivity contribution in [2.45, 2.75) is 19.6 Å². The first-order valence-electron chi connectivity index (χ1n) is 8.34. The minimum absolute atomic E-state index is 0.00572. The van der Waals surface area contributed by atoms with Crippen molar-refractivity contribution in [3.8, 4) is 11.6 Å². The number of aryl methyl sites for hydroxylation is 1. The summed E-state index contributed by atoms with van der Waals surface area (Å²) < 4.78 is 50.5. The number of benzene rings is 1. The van der Waals surface area contributed by atoms with E-state index in [9.17, 15) is 13.2 Å². The predicted molar refractivity (Wildman–Crippen MR) is 100 cm³/mol. The summed E-state index contributed by atoms with van der Waals surface area (Å²) >= 11 is 1.26. The number of hydrogen-bond acceptors (Lipinski definition) is 8. The van der Waals surface area contributed by atoms with Gasteiger partial charge in [-0.05, 0) is 30.6 Å². The van der Waals surface area contributed by atoms with Crippen molar-refractivity contribution < 1.29 is 17.9 Å². The Morgan fingerprint density at radius 3 is 2.66 bits per heavy atom. The third kappa shape index (κ3) is 3.70. The molecule has 1 aromatic carbocycles. The van der Waals surface area contributed by atoms with E-state index in [-0.39, 0.29) is 16.9 Å². The van der Waals surface area contributed by atoms with Gasteiger partial charge in [0, 0.05) is 6.07 Å². The number of methoxy groups -OCH3 is 1. The SMILES string of the molecule is COc1ccc2c(c1)nc(C(F)(F)F)n2-c1cnc(NCc2snnc2C)cn1. The summed E-state index contributed by atoms with van der Waals surface area (Å²) in [6.07, 6.45) is -2.03. The molecule has 3 heterocycles. The van der Waals surface area contributed by atoms with Gasteiger partial charge in [0.2, 0.25) is 5.82 Å². The summed E-state index contributed by atoms with van der Waals surface area (Å²) in [7, 11) is 1.43. The maximum atomic E-state index is 13.6. The number of rotatable bonds is 5. The Labute approximate surface area is 166 Å². The summed E-state index contributed by atoms with van der Waals surface area (Å²) in [5.74, 6) is -0.246. The molecule has 8 nitrogen and oxygen atoms in total. The summed E-state index contributed by atoms with van der Waals surface area (Å²) in [5.41, 5.74) is 1.20. The van der Waals surface area contributed by atoms with Crippen LogP contribution in [-0.2, 0) is 12.7 Å². The molecular formula is C17H14F3N7OS. The van der Waals surface area contributed by atoms with Gasteiger partial charge in [0.1, 0.15) is 11.6 Å². The van der Waals surface area contributed by atoms with Gasteiger partial charge < -0.3 is 10.1 Å². The first kappa shape index (κ1) is 19.1. The number of hydrogen-bond donors (Lipinski definition) is 1. The molecule has 0 unspecified atom stereocenters. The number of nitrogens with one attached hydrogen (secondary N) is 1. The van der Waals surface area contributed by atoms with Crippen LogP contribution in [0.4, 0.5) is 19.0 Å². The fourth-order valence-corrected chi connectivity index (χ4v) is 3.29. The van der Waals surface area contributed by atoms with Gasteiger partial charge >= 0.3 is 6.18 Å². The van der Waals surface area contributed by atoms with Crippen molar-refractivity contribution in [1.82, 2.24) is 29.1 Å². The van der Waals surface area contributed by atoms with Crippen LogP contribution in [0.5, 0.6) is 5.75 Å². The monoisotopic (exact) mass is 421 g/mol. The molecule has 0 saturated carbocycles. The van der Waals surface area contributed by atoms with Crippen LogP contribution in [0.3, 0.4) is 0 Å². The van der Waals surface area contributed by atoms with E-state index < -0.39 is 12.0 Å². The van der Waals surface area contributed by atoms with Gasteiger partial charge in [-0.2, -0.15) is 13.2 Å². The Hall–Kier alpha value is -3.28. The van der Waals surface area contributed by atoms with Crippen LogP contribution in [0.25, 0.3) is 16.9 Å². The first-order valence-corrected chi connectivity index (χ1v) is 9.12. The molecule has 0 fully saturated rings. The van der Waals surface area contributed by atoms with Gasteiger partial charge in [0.25, 0.3) is 0 Å². The lowest BCUT2D eigenvalue weighted by Crippen LogP contribution is -2.15. The molecular weight excluding hydrogens is 407 g/mol. The molecule has 0 aliphatic heterocycles. The van der Waals surface area contributed by atoms with Crippen molar-refractivity contribution in [3.63, 3.8) is 0 Å². The van der Waals surface area contributed by atoms with Crippen molar-refractivity contribution in [2.24, 2.45) is 0 Å². The number of anilines is 1. The van der Waals surface area contributed by atoms with E-state index >= 15 is 0 Å². The highest BCUT2D eigenvalue weighted by atomic mass is 32.1. The minimum Gasteiger partial charge on any atom is -0.497 e. The highest BCUT2D eigenvalue weighted by molar-refractivity contribution is 7.05. The normalized spacial score (nSPS) is 11.8. The molecule has 1 N–H and O–H groups in total. The lowest BCUT2D eigenvalue weighted by atomic mass is 10.3. The van der Waals surface area contributed by atoms with Gasteiger partial charge in [-0.15, -0.1) is 5.10 Å². The van der Waals surface area contributed by atoms with Crippen molar-refractivity contribution >= 4 is 28.4 Å². The molecule has 0 aliphatic carbocycles. The number of imidazole rings is 1. The van der Waals surface area contributed by atoms with E-state index in [1.54, 1.807) is 6.07 Å². The summed E-state index contributed by atoms with van der Waals surface area (Å²) in [6, 6.07) is 4.51. The van der Waals surface area contributed by atoms with E-state index in [1.807, 2.05) is 6.92 Å². The number of aromatic nitrogens is 6. The fraction of sp³-hybridized carbons (Fsp3) is 0.235. The lowest BCUT2D eigenvalue weighted by molar-refractivity contribution is -0.145. The topological polar surface area (TPSA) is 90.6 Å². The molecule has 0 radical (unpaired) electrons. The van der Waals surface area contributed by atoms with E-state index in [0.717, 1.165) is 15.1 Å². The van der Waals surface area contributed by atoms with Crippen molar-refractivity contribution in [2.75, 3.05) is 12.4 Å². The third-order valence-corrected chi connectivity index (χ3v) is 4.98. The quantitative estimate of drug-likeness (QED) is 0.526. The van der Waals surface area contributed by atoms with E-state index in [1.165, 1.54) is 43.2 Å². The molecule has 0 saturated heterocycles. The number of halogens is 3. The highest BCUT2D eigenvalue weighted by Crippen LogP contribution is 2.34. The highest BCUT2D eigenvalue weighted by Gasteiger charge is 2.38. The van der Waals surface area contributed by atoms with Crippen LogP contribution in [-0.4, -0.2) is 36.2 Å². The smallest absolute Gasteiger partial charge is 0.450 e. The Kier molecular flexibility index (Phi) is 4.78. The molecule has 12 heteroatoms. The van der Waals surface area contributed by atoms with E-state index in [0.29, 0.717) is 18.1 Å². The number of alkyl halides is 3. The second kappa shape index (κ2) is 7.28. The van der Waals surface area contributed by atoms with Gasteiger partial charge in [-0.1, -0.05) is 4.49 Å². The zero-order valence-corrected chi connectivity index (χ0v) is 16.0. The molecule has 4 aromatic rings. The van der Waals surface area contributed by atoms with Gasteiger partial charge in [-0.25, -0.2) is 15.0 Å². The molecule has 0 aliphatic rings. The van der Waals surface area contributed by atoms with Crippen LogP contribution in [0.2, 0.25) is 0 Å². The summed E-state index contributed by atoms with van der Waals surface area (Å²) in [6.45, 7) is 2.28. The molecule has 0 spiro atoms. The number of ether oxygens (including phenoxy) is 1. The van der Waals surface area contributed by atoms with Crippen LogP contribution in [0.15, 0.2) is 30.6 Å². The number of nitrogens with zero attached hydrogens (tertiary/aromatic N) is 6. The van der Waals surface area contributed by atoms with Crippen molar-refractivity contribution in [1.29, 1.82) is 0 Å². The van der Waals surface area contributed by atoms with Gasteiger partial charge in [0.15, 0.2) is 5.82 Å². The van der Waals surface area contributed by atoms with Crippen LogP contribution in [0.1, 0.15) is 16.4 Å². The van der Waals surface area contributed by atoms with Crippen LogP contribution < -0.4 is 10.1 Å². The summed E-state index contributed by atoms with van der Waals surface area (Å²) in [5, 5.41) is 6.97. The predicted octanol–water partition coefficient (Wildman–Crippen LogP) is 3.61. The maximum absolute atomic E-state index is 13.6. The molecule has 150 valence electrons. The zero-order chi connectivity index (χ0) is 20.6. The van der Waals surface area contributed by atoms with Gasteiger partial charge in [-0.3, -0.25) is 4.57 Å². The Bertz CT molecular complexity index is 1150. The standard InChI is InChI=1S/C17H14F3N7OS/c1-9-13(29-26-25-9)6-21-14-7-23-15(8-22-14)27-12-4-3-10(28-2)5-11(12)24-16(27)17(18,19)20/h3-5,7-8H,6H2,1-2H3,(H,21,22). The maximum Gasteiger partial charge on any atom is 0.450 e. The first-order chi connectivity index (χ1) is 13.9. The lowest BCUT2D eigenvalue weighted by Gasteiger charge is -2.11. The average Bonchev–Trinajstić information content (AvgIpc) is 3.29. The second-order valence-corrected chi connectivity index (χ2v) is 6.86. The van der Waals surface area contributed by atoms with Crippen LogP contribution >= 0.6 is 11.5 Å². The second-order valence-electron chi connectivity index (χ2n) is 6.02. The molecule has 29 heavy (non-hydrogen) atoms. The molecule has 0 amide bonds. The van der Waals surface area contributed by atoms with Gasteiger partial charge in [0.05, 0.1) is 47.7 Å². The molecule has 0 bridgehead atoms. The minimum atomic E-state index is -4.67. The Morgan fingerprint density at radius 2 is 2.03 bits per heavy atom. The number of fused-ring (bicyclic) bond motifs is 1. The Morgan fingerprint density at radius 1 is 1.21 bits per heavy atom. The fourth-order valence-electron chi connectivity index (χ4n) is 2.72. The third-order valence-electron chi connectivity index (χ3n) is 4.16. The largest absolute Gasteiger partial charge is 0.497 e. The van der Waals surface area contributed by atoms with Crippen LogP contribution in [0, 0.1) is 6.92 Å². The molecule has 3 aromatic heterocycles. The molecule has 4 rings (SSSR count). The van der Waals surface area contributed by atoms with Crippen molar-refractivity contribution in [3.05, 3.63) is 47.0 Å². The zero-order valence-electron chi connectivity index (χ0n) is 15.2. The van der Waals surface area contributed by atoms with E-state index in [4.69, 9.17) is 4.74 Å². The molecule has 0 atom stereocenters. The Balaban J connectivity index is 1.69. The van der Waals surface area contributed by atoms with E-state index in [2.05, 4.69) is 29.9 Å². The average molecular weight is 421 g/mol.